The van der Waals surface area contributed by atoms with Gasteiger partial charge in [0, 0.05) is 17.2 Å². The lowest BCUT2D eigenvalue weighted by molar-refractivity contribution is 0.104. The van der Waals surface area contributed by atoms with E-state index in [-0.39, 0.29) is 5.78 Å². The van der Waals surface area contributed by atoms with Crippen LogP contribution < -0.4 is 14.2 Å². The van der Waals surface area contributed by atoms with Crippen LogP contribution in [-0.4, -0.2) is 19.0 Å². The monoisotopic (exact) mass is 450 g/mol. The van der Waals surface area contributed by atoms with Gasteiger partial charge in [-0.05, 0) is 74.2 Å². The molecule has 0 unspecified atom stereocenters. The van der Waals surface area contributed by atoms with Crippen molar-refractivity contribution in [1.82, 2.24) is 0 Å². The second kappa shape index (κ2) is 14.2. The molecule has 0 aliphatic carbocycles. The van der Waals surface area contributed by atoms with Gasteiger partial charge in [-0.2, -0.15) is 0 Å². The summed E-state index contributed by atoms with van der Waals surface area (Å²) in [5.41, 5.74) is 2.64. The molecule has 0 N–H and O–H groups in total. The van der Waals surface area contributed by atoms with Crippen LogP contribution in [0.15, 0.2) is 54.8 Å². The topological polar surface area (TPSA) is 44.8 Å². The Kier molecular flexibility index (Phi) is 11.3. The average molecular weight is 451 g/mol. The molecular formula is C29H38O4. The molecule has 0 saturated carbocycles. The largest absolute Gasteiger partial charge is 0.493 e. The second-order valence-electron chi connectivity index (χ2n) is 8.18. The first-order valence-electron chi connectivity index (χ1n) is 12.1. The van der Waals surface area contributed by atoms with E-state index in [0.29, 0.717) is 30.3 Å². The van der Waals surface area contributed by atoms with E-state index in [2.05, 4.69) is 33.4 Å². The van der Waals surface area contributed by atoms with Gasteiger partial charge in [0.05, 0.1) is 19.0 Å². The zero-order valence-electron chi connectivity index (χ0n) is 20.6. The Balaban J connectivity index is 2.28. The Labute approximate surface area is 199 Å². The van der Waals surface area contributed by atoms with Gasteiger partial charge in [0.1, 0.15) is 17.2 Å². The first-order chi connectivity index (χ1) is 16.0. The number of carbonyl (C=O) groups is 1. The van der Waals surface area contributed by atoms with Gasteiger partial charge >= 0.3 is 0 Å². The second-order valence-corrected chi connectivity index (χ2v) is 8.18. The Hall–Kier alpha value is -3.01. The number of unbranched alkanes of at least 4 members (excludes halogenated alkanes) is 2. The van der Waals surface area contributed by atoms with Gasteiger partial charge in [0.25, 0.3) is 0 Å². The van der Waals surface area contributed by atoms with E-state index in [1.165, 1.54) is 0 Å². The summed E-state index contributed by atoms with van der Waals surface area (Å²) in [5.74, 6) is 2.83. The van der Waals surface area contributed by atoms with Crippen LogP contribution in [0.5, 0.6) is 17.2 Å². The Morgan fingerprint density at radius 3 is 2.12 bits per heavy atom. The number of allylic oxidation sites excluding steroid dienone is 2. The van der Waals surface area contributed by atoms with Crippen molar-refractivity contribution >= 4 is 11.9 Å². The maximum atomic E-state index is 12.8. The molecule has 0 heterocycles. The van der Waals surface area contributed by atoms with E-state index in [0.717, 1.165) is 61.2 Å². The van der Waals surface area contributed by atoms with Gasteiger partial charge in [0.2, 0.25) is 0 Å². The number of ether oxygens (including phenoxy) is 3. The van der Waals surface area contributed by atoms with Crippen LogP contribution in [0.4, 0.5) is 0 Å². The van der Waals surface area contributed by atoms with Crippen molar-refractivity contribution < 1.29 is 19.0 Å². The van der Waals surface area contributed by atoms with Crippen LogP contribution in [0.3, 0.4) is 0 Å². The van der Waals surface area contributed by atoms with E-state index in [1.54, 1.807) is 37.3 Å². The number of hydrogen-bond acceptors (Lipinski definition) is 4. The number of ketones is 1. The minimum atomic E-state index is -0.0725. The predicted molar refractivity (Wildman–Crippen MR) is 136 cm³/mol. The summed E-state index contributed by atoms with van der Waals surface area (Å²) in [7, 11) is 0. The summed E-state index contributed by atoms with van der Waals surface area (Å²) in [6.45, 7) is 13.3. The molecule has 2 rings (SSSR count). The van der Waals surface area contributed by atoms with Crippen molar-refractivity contribution in [3.8, 4) is 17.2 Å². The molecule has 4 nitrogen and oxygen atoms in total. The van der Waals surface area contributed by atoms with Crippen LogP contribution in [0.25, 0.3) is 6.08 Å². The van der Waals surface area contributed by atoms with Crippen molar-refractivity contribution in [2.24, 2.45) is 0 Å². The normalized spacial score (nSPS) is 10.9. The van der Waals surface area contributed by atoms with Crippen molar-refractivity contribution in [2.75, 3.05) is 13.2 Å². The molecule has 0 atom stereocenters. The fraction of sp³-hybridized carbons (Fsp3) is 0.414. The third-order valence-electron chi connectivity index (χ3n) is 5.07. The molecule has 0 saturated heterocycles. The highest BCUT2D eigenvalue weighted by atomic mass is 16.5. The summed E-state index contributed by atoms with van der Waals surface area (Å²) < 4.78 is 17.6. The third kappa shape index (κ3) is 8.80. The third-order valence-corrected chi connectivity index (χ3v) is 5.07. The molecule has 0 radical (unpaired) electrons. The van der Waals surface area contributed by atoms with Crippen LogP contribution in [0.2, 0.25) is 0 Å². The highest BCUT2D eigenvalue weighted by Crippen LogP contribution is 2.32. The molecule has 0 aliphatic rings. The Morgan fingerprint density at radius 2 is 1.55 bits per heavy atom. The molecule has 0 aromatic heterocycles. The first-order valence-corrected chi connectivity index (χ1v) is 12.1. The van der Waals surface area contributed by atoms with Gasteiger partial charge in [0.15, 0.2) is 5.78 Å². The summed E-state index contributed by atoms with van der Waals surface area (Å²) in [4.78, 5) is 12.8. The minimum absolute atomic E-state index is 0.0725. The lowest BCUT2D eigenvalue weighted by Crippen LogP contribution is -2.04. The van der Waals surface area contributed by atoms with E-state index in [1.807, 2.05) is 12.1 Å². The number of benzene rings is 2. The van der Waals surface area contributed by atoms with Gasteiger partial charge in [-0.15, -0.1) is 0 Å². The van der Waals surface area contributed by atoms with E-state index >= 15 is 0 Å². The molecule has 0 bridgehead atoms. The molecule has 0 fully saturated rings. The number of carbonyl (C=O) groups excluding carboxylic acids is 1. The van der Waals surface area contributed by atoms with Gasteiger partial charge < -0.3 is 14.2 Å². The first kappa shape index (κ1) is 26.2. The van der Waals surface area contributed by atoms with Gasteiger partial charge in [-0.25, -0.2) is 0 Å². The maximum absolute atomic E-state index is 12.8. The zero-order valence-corrected chi connectivity index (χ0v) is 20.6. The fourth-order valence-corrected chi connectivity index (χ4v) is 3.28. The van der Waals surface area contributed by atoms with E-state index in [9.17, 15) is 4.79 Å². The van der Waals surface area contributed by atoms with Crippen molar-refractivity contribution in [2.45, 2.75) is 66.2 Å². The molecule has 2 aromatic carbocycles. The molecule has 0 aliphatic heterocycles. The predicted octanol–water partition coefficient (Wildman–Crippen LogP) is 7.81. The van der Waals surface area contributed by atoms with Gasteiger partial charge in [-0.1, -0.05) is 46.6 Å². The van der Waals surface area contributed by atoms with Crippen molar-refractivity contribution in [3.05, 3.63) is 71.5 Å². The number of rotatable bonds is 15. The van der Waals surface area contributed by atoms with Crippen LogP contribution in [-0.2, 0) is 6.42 Å². The summed E-state index contributed by atoms with van der Waals surface area (Å²) in [6, 6.07) is 11.2. The van der Waals surface area contributed by atoms with Crippen LogP contribution in [0.1, 0.15) is 81.3 Å². The smallest absolute Gasteiger partial charge is 0.185 e. The van der Waals surface area contributed by atoms with E-state index in [4.69, 9.17) is 14.2 Å². The maximum Gasteiger partial charge on any atom is 0.185 e. The fourth-order valence-electron chi connectivity index (χ4n) is 3.28. The molecule has 4 heteroatoms. The highest BCUT2D eigenvalue weighted by Gasteiger charge is 2.12. The molecule has 0 spiro atoms. The lowest BCUT2D eigenvalue weighted by Gasteiger charge is -2.16. The Morgan fingerprint density at radius 1 is 0.909 bits per heavy atom. The molecule has 2 aromatic rings. The van der Waals surface area contributed by atoms with Crippen LogP contribution >= 0.6 is 0 Å². The standard InChI is InChI=1S/C29H38O4/c1-6-9-18-31-28-21-29(32-19-10-7-2)25(20-24(28)11-8-3)14-17-27(30)23-12-15-26(16-13-23)33-22(4)5/h12-17,20-21H,4,6-11,18-19H2,1-3,5H3/b17-14+. The van der Waals surface area contributed by atoms with Gasteiger partial charge in [-0.3, -0.25) is 4.79 Å². The molecule has 178 valence electrons. The van der Waals surface area contributed by atoms with Crippen molar-refractivity contribution in [1.29, 1.82) is 0 Å². The number of aryl methyl sites for hydroxylation is 1. The van der Waals surface area contributed by atoms with Crippen molar-refractivity contribution in [3.63, 3.8) is 0 Å². The Bertz CT molecular complexity index is 925. The quantitative estimate of drug-likeness (QED) is 0.120. The molecule has 33 heavy (non-hydrogen) atoms. The average Bonchev–Trinajstić information content (AvgIpc) is 2.79. The minimum Gasteiger partial charge on any atom is -0.493 e. The number of hydrogen-bond donors (Lipinski definition) is 0. The SMILES string of the molecule is C=C(C)Oc1ccc(C(=O)/C=C/c2cc(CCC)c(OCCCC)cc2OCCCC)cc1. The molecule has 0 amide bonds. The summed E-state index contributed by atoms with van der Waals surface area (Å²) >= 11 is 0. The summed E-state index contributed by atoms with van der Waals surface area (Å²) in [6.07, 6.45) is 9.51. The van der Waals surface area contributed by atoms with Crippen LogP contribution in [0, 0.1) is 0 Å². The zero-order chi connectivity index (χ0) is 24.1. The van der Waals surface area contributed by atoms with E-state index < -0.39 is 0 Å². The molecular weight excluding hydrogens is 412 g/mol. The highest BCUT2D eigenvalue weighted by molar-refractivity contribution is 6.07. The lowest BCUT2D eigenvalue weighted by atomic mass is 10.0. The summed E-state index contributed by atoms with van der Waals surface area (Å²) in [5, 5.41) is 0.